The molecule has 1 heterocycles. The second-order valence-electron chi connectivity index (χ2n) is 6.75. The van der Waals surface area contributed by atoms with Crippen LogP contribution in [0.5, 0.6) is 11.5 Å². The summed E-state index contributed by atoms with van der Waals surface area (Å²) in [7, 11) is 1.67. The first-order valence-corrected chi connectivity index (χ1v) is 10.2. The van der Waals surface area contributed by atoms with Crippen molar-refractivity contribution in [2.45, 2.75) is 0 Å². The highest BCUT2D eigenvalue weighted by Gasteiger charge is 2.18. The standard InChI is InChI=1S/C24H18F2N2O2S/c1-3-31-27-20-9-6-10-22(30-21-12-11-15(25)13-19(21)26)23(20)18-14-28(2)24(29)17-8-5-4-7-16(17)18/h3-14,27H,1H2,2H3. The Hall–Kier alpha value is -3.58. The third-order valence-electron chi connectivity index (χ3n) is 4.75. The molecule has 0 aliphatic rings. The highest BCUT2D eigenvalue weighted by atomic mass is 32.2. The van der Waals surface area contributed by atoms with E-state index in [0.29, 0.717) is 22.4 Å². The van der Waals surface area contributed by atoms with Gasteiger partial charge in [-0.3, -0.25) is 4.79 Å². The SMILES string of the molecule is C=CSNc1cccc(Oc2ccc(F)cc2F)c1-c1cn(C)c(=O)c2ccccc12. The topological polar surface area (TPSA) is 43.3 Å². The quantitative estimate of drug-likeness (QED) is 0.351. The molecule has 0 fully saturated rings. The predicted molar refractivity (Wildman–Crippen MR) is 122 cm³/mol. The van der Waals surface area contributed by atoms with Crippen molar-refractivity contribution in [3.05, 3.63) is 101 Å². The van der Waals surface area contributed by atoms with Crippen LogP contribution < -0.4 is 15.0 Å². The van der Waals surface area contributed by atoms with Gasteiger partial charge in [-0.15, -0.1) is 0 Å². The van der Waals surface area contributed by atoms with Crippen LogP contribution in [0.4, 0.5) is 14.5 Å². The maximum atomic E-state index is 14.3. The molecule has 0 unspecified atom stereocenters. The molecule has 0 aliphatic heterocycles. The molecule has 0 radical (unpaired) electrons. The lowest BCUT2D eigenvalue weighted by Gasteiger charge is -2.18. The largest absolute Gasteiger partial charge is 0.454 e. The van der Waals surface area contributed by atoms with Gasteiger partial charge >= 0.3 is 0 Å². The Balaban J connectivity index is 1.98. The molecule has 0 saturated carbocycles. The Bertz CT molecular complexity index is 1350. The number of fused-ring (bicyclic) bond motifs is 1. The van der Waals surface area contributed by atoms with Crippen LogP contribution >= 0.6 is 11.9 Å². The third kappa shape index (κ3) is 4.04. The van der Waals surface area contributed by atoms with E-state index >= 15 is 0 Å². The van der Waals surface area contributed by atoms with Gasteiger partial charge in [-0.25, -0.2) is 8.78 Å². The average molecular weight is 436 g/mol. The van der Waals surface area contributed by atoms with Gasteiger partial charge in [0.05, 0.1) is 11.3 Å². The number of halogens is 2. The van der Waals surface area contributed by atoms with Gasteiger partial charge in [-0.05, 0) is 53.1 Å². The molecule has 0 saturated heterocycles. The molecule has 31 heavy (non-hydrogen) atoms. The molecule has 4 rings (SSSR count). The van der Waals surface area contributed by atoms with Gasteiger partial charge in [0.2, 0.25) is 0 Å². The van der Waals surface area contributed by atoms with Crippen molar-refractivity contribution >= 4 is 28.4 Å². The number of anilines is 1. The van der Waals surface area contributed by atoms with E-state index in [9.17, 15) is 13.6 Å². The van der Waals surface area contributed by atoms with Crippen molar-refractivity contribution in [2.24, 2.45) is 7.05 Å². The summed E-state index contributed by atoms with van der Waals surface area (Å²) in [6.45, 7) is 3.70. The van der Waals surface area contributed by atoms with E-state index in [4.69, 9.17) is 4.74 Å². The summed E-state index contributed by atoms with van der Waals surface area (Å²) in [5.74, 6) is -1.25. The first-order valence-electron chi connectivity index (χ1n) is 9.37. The van der Waals surface area contributed by atoms with Crippen LogP contribution in [0.25, 0.3) is 21.9 Å². The van der Waals surface area contributed by atoms with E-state index in [0.717, 1.165) is 23.1 Å². The van der Waals surface area contributed by atoms with Crippen LogP contribution in [0.15, 0.2) is 83.6 Å². The van der Waals surface area contributed by atoms with E-state index in [1.165, 1.54) is 22.6 Å². The van der Waals surface area contributed by atoms with E-state index in [1.807, 2.05) is 18.2 Å². The van der Waals surface area contributed by atoms with Gasteiger partial charge in [-0.1, -0.05) is 30.8 Å². The van der Waals surface area contributed by atoms with Crippen molar-refractivity contribution in [3.8, 4) is 22.6 Å². The lowest BCUT2D eigenvalue weighted by atomic mass is 9.98. The number of benzene rings is 3. The smallest absolute Gasteiger partial charge is 0.258 e. The molecular weight excluding hydrogens is 418 g/mol. The van der Waals surface area contributed by atoms with Crippen molar-refractivity contribution < 1.29 is 13.5 Å². The number of ether oxygens (including phenoxy) is 1. The van der Waals surface area contributed by atoms with Crippen molar-refractivity contribution in [1.29, 1.82) is 0 Å². The Morgan fingerprint density at radius 1 is 1.03 bits per heavy atom. The molecule has 4 aromatic rings. The molecule has 0 amide bonds. The third-order valence-corrected chi connectivity index (χ3v) is 5.26. The van der Waals surface area contributed by atoms with Crippen LogP contribution in [0, 0.1) is 11.6 Å². The lowest BCUT2D eigenvalue weighted by Crippen LogP contribution is -2.16. The van der Waals surface area contributed by atoms with Crippen molar-refractivity contribution in [1.82, 2.24) is 4.57 Å². The van der Waals surface area contributed by atoms with Crippen LogP contribution in [-0.2, 0) is 7.05 Å². The number of nitrogens with one attached hydrogen (secondary N) is 1. The predicted octanol–water partition coefficient (Wildman–Crippen LogP) is 6.48. The van der Waals surface area contributed by atoms with Crippen molar-refractivity contribution in [3.63, 3.8) is 0 Å². The molecule has 7 heteroatoms. The Morgan fingerprint density at radius 2 is 1.81 bits per heavy atom. The molecule has 4 nitrogen and oxygen atoms in total. The van der Waals surface area contributed by atoms with Crippen molar-refractivity contribution in [2.75, 3.05) is 4.72 Å². The minimum atomic E-state index is -0.810. The zero-order valence-corrected chi connectivity index (χ0v) is 17.4. The highest BCUT2D eigenvalue weighted by molar-refractivity contribution is 8.03. The Labute approximate surface area is 181 Å². The number of hydrogen-bond donors (Lipinski definition) is 1. The summed E-state index contributed by atoms with van der Waals surface area (Å²) in [6, 6.07) is 15.7. The molecular formula is C24H18F2N2O2S. The first kappa shape index (κ1) is 20.7. The van der Waals surface area contributed by atoms with Gasteiger partial charge < -0.3 is 14.0 Å². The molecule has 1 N–H and O–H groups in total. The van der Waals surface area contributed by atoms with Gasteiger partial charge in [-0.2, -0.15) is 0 Å². The second kappa shape index (κ2) is 8.65. The lowest BCUT2D eigenvalue weighted by molar-refractivity contribution is 0.439. The maximum Gasteiger partial charge on any atom is 0.258 e. The normalized spacial score (nSPS) is 10.8. The summed E-state index contributed by atoms with van der Waals surface area (Å²) in [5.41, 5.74) is 1.92. The fourth-order valence-corrected chi connectivity index (χ4v) is 3.76. The Morgan fingerprint density at radius 3 is 2.55 bits per heavy atom. The van der Waals surface area contributed by atoms with Gasteiger partial charge in [0.1, 0.15) is 11.6 Å². The van der Waals surface area contributed by atoms with Gasteiger partial charge in [0, 0.05) is 30.3 Å². The average Bonchev–Trinajstić information content (AvgIpc) is 2.77. The fourth-order valence-electron chi connectivity index (χ4n) is 3.38. The summed E-state index contributed by atoms with van der Waals surface area (Å²) in [5, 5.41) is 2.91. The minimum Gasteiger partial charge on any atom is -0.454 e. The molecule has 1 aromatic heterocycles. The molecule has 3 aromatic carbocycles. The Kier molecular flexibility index (Phi) is 5.77. The number of nitrogens with zero attached hydrogens (tertiary/aromatic N) is 1. The zero-order valence-electron chi connectivity index (χ0n) is 16.6. The number of rotatable bonds is 6. The van der Waals surface area contributed by atoms with Gasteiger partial charge in [0.25, 0.3) is 5.56 Å². The maximum absolute atomic E-state index is 14.3. The summed E-state index contributed by atoms with van der Waals surface area (Å²) >= 11 is 1.27. The number of aryl methyl sites for hydroxylation is 1. The second-order valence-corrected chi connectivity index (χ2v) is 7.52. The highest BCUT2D eigenvalue weighted by Crippen LogP contribution is 2.42. The number of hydrogen-bond acceptors (Lipinski definition) is 4. The zero-order chi connectivity index (χ0) is 22.0. The summed E-state index contributed by atoms with van der Waals surface area (Å²) < 4.78 is 38.2. The number of pyridine rings is 1. The summed E-state index contributed by atoms with van der Waals surface area (Å²) in [6.07, 6.45) is 1.72. The monoisotopic (exact) mass is 436 g/mol. The number of aromatic nitrogens is 1. The molecule has 0 spiro atoms. The van der Waals surface area contributed by atoms with E-state index in [-0.39, 0.29) is 11.3 Å². The van der Waals surface area contributed by atoms with Crippen LogP contribution in [0.2, 0.25) is 0 Å². The minimum absolute atomic E-state index is 0.106. The van der Waals surface area contributed by atoms with E-state index in [2.05, 4.69) is 11.3 Å². The fraction of sp³-hybridized carbons (Fsp3) is 0.0417. The van der Waals surface area contributed by atoms with Crippen LogP contribution in [0.1, 0.15) is 0 Å². The summed E-state index contributed by atoms with van der Waals surface area (Å²) in [4.78, 5) is 12.6. The van der Waals surface area contributed by atoms with Gasteiger partial charge in [0.15, 0.2) is 11.6 Å². The van der Waals surface area contributed by atoms with Crippen LogP contribution in [-0.4, -0.2) is 4.57 Å². The first-order chi connectivity index (χ1) is 15.0. The molecule has 0 atom stereocenters. The van der Waals surface area contributed by atoms with Crippen LogP contribution in [0.3, 0.4) is 0 Å². The molecule has 0 aliphatic carbocycles. The molecule has 0 bridgehead atoms. The molecule has 156 valence electrons. The van der Waals surface area contributed by atoms with E-state index < -0.39 is 11.6 Å². The van der Waals surface area contributed by atoms with E-state index in [1.54, 1.807) is 42.9 Å².